The summed E-state index contributed by atoms with van der Waals surface area (Å²) in [5.74, 6) is 0.00661. The predicted octanol–water partition coefficient (Wildman–Crippen LogP) is 2.92. The third-order valence-corrected chi connectivity index (χ3v) is 5.51. The zero-order valence-corrected chi connectivity index (χ0v) is 16.5. The molecule has 2 heterocycles. The number of aryl methyl sites for hydroxylation is 1. The summed E-state index contributed by atoms with van der Waals surface area (Å²) in [6.45, 7) is 3.14. The van der Waals surface area contributed by atoms with Crippen LogP contribution in [0.2, 0.25) is 0 Å². The zero-order valence-electron chi connectivity index (χ0n) is 15.7. The van der Waals surface area contributed by atoms with Gasteiger partial charge in [-0.1, -0.05) is 6.92 Å². The number of aromatic nitrogens is 1. The molecule has 1 fully saturated rings. The predicted molar refractivity (Wildman–Crippen MR) is 103 cm³/mol. The smallest absolute Gasteiger partial charge is 0.407 e. The van der Waals surface area contributed by atoms with Crippen LogP contribution >= 0.6 is 11.3 Å². The number of rotatable bonds is 6. The van der Waals surface area contributed by atoms with Crippen LogP contribution in [-0.4, -0.2) is 66.6 Å². The minimum Gasteiger partial charge on any atom is -0.491 e. The Balaban J connectivity index is 1.78. The summed E-state index contributed by atoms with van der Waals surface area (Å²) in [5.41, 5.74) is 1.12. The Kier molecular flexibility index (Phi) is 6.48. The molecule has 1 atom stereocenters. The summed E-state index contributed by atoms with van der Waals surface area (Å²) in [4.78, 5) is 30.0. The molecule has 1 aromatic heterocycles. The van der Waals surface area contributed by atoms with Crippen LogP contribution < -0.4 is 4.74 Å². The normalized spacial score (nSPS) is 16.6. The monoisotopic (exact) mass is 406 g/mol. The summed E-state index contributed by atoms with van der Waals surface area (Å²) in [5, 5.41) is 9.91. The lowest BCUT2D eigenvalue weighted by molar-refractivity contribution is -0.0412. The largest absolute Gasteiger partial charge is 0.491 e. The van der Waals surface area contributed by atoms with E-state index in [9.17, 15) is 9.59 Å². The van der Waals surface area contributed by atoms with Gasteiger partial charge in [-0.05, 0) is 24.6 Å². The number of ether oxygens (including phenoxy) is 3. The SMILES string of the molecule is CCc1cnc(-c2cc(OC[C@H]3CN(C(=O)O)CCO3)cc(C(=O)OC)c2)s1. The average molecular weight is 406 g/mol. The first-order valence-corrected chi connectivity index (χ1v) is 9.72. The number of carbonyl (C=O) groups excluding carboxylic acids is 1. The van der Waals surface area contributed by atoms with Crippen LogP contribution in [0.15, 0.2) is 24.4 Å². The number of hydrogen-bond acceptors (Lipinski definition) is 7. The van der Waals surface area contributed by atoms with Crippen LogP contribution in [-0.2, 0) is 15.9 Å². The van der Waals surface area contributed by atoms with E-state index < -0.39 is 12.1 Å². The van der Waals surface area contributed by atoms with E-state index in [1.807, 2.05) is 12.3 Å². The van der Waals surface area contributed by atoms with Crippen molar-refractivity contribution in [2.75, 3.05) is 33.4 Å². The highest BCUT2D eigenvalue weighted by atomic mass is 32.1. The molecule has 1 aliphatic rings. The Morgan fingerprint density at radius 2 is 2.21 bits per heavy atom. The van der Waals surface area contributed by atoms with Gasteiger partial charge < -0.3 is 24.2 Å². The highest BCUT2D eigenvalue weighted by Crippen LogP contribution is 2.30. The molecular formula is C19H22N2O6S. The number of benzene rings is 1. The first-order chi connectivity index (χ1) is 13.5. The van der Waals surface area contributed by atoms with Crippen LogP contribution in [0.25, 0.3) is 10.6 Å². The molecule has 2 aromatic rings. The van der Waals surface area contributed by atoms with Crippen LogP contribution in [0.4, 0.5) is 4.79 Å². The van der Waals surface area contributed by atoms with E-state index >= 15 is 0 Å². The topological polar surface area (TPSA) is 98.2 Å². The Morgan fingerprint density at radius 3 is 2.89 bits per heavy atom. The average Bonchev–Trinajstić information content (AvgIpc) is 3.21. The van der Waals surface area contributed by atoms with Gasteiger partial charge in [0, 0.05) is 23.2 Å². The van der Waals surface area contributed by atoms with E-state index in [1.54, 1.807) is 23.5 Å². The van der Waals surface area contributed by atoms with E-state index in [0.29, 0.717) is 24.5 Å². The highest BCUT2D eigenvalue weighted by Gasteiger charge is 2.24. The number of morpholine rings is 1. The fourth-order valence-electron chi connectivity index (χ4n) is 2.83. The fourth-order valence-corrected chi connectivity index (χ4v) is 3.67. The minimum absolute atomic E-state index is 0.173. The van der Waals surface area contributed by atoms with Gasteiger partial charge >= 0.3 is 12.1 Å². The Bertz CT molecular complexity index is 853. The van der Waals surface area contributed by atoms with Gasteiger partial charge in [0.05, 0.1) is 25.8 Å². The van der Waals surface area contributed by atoms with Gasteiger partial charge in [-0.2, -0.15) is 0 Å². The lowest BCUT2D eigenvalue weighted by Crippen LogP contribution is -2.47. The molecule has 1 aromatic carbocycles. The maximum Gasteiger partial charge on any atom is 0.407 e. The lowest BCUT2D eigenvalue weighted by atomic mass is 10.1. The molecule has 0 aliphatic carbocycles. The molecule has 28 heavy (non-hydrogen) atoms. The molecule has 9 heteroatoms. The number of methoxy groups -OCH3 is 1. The summed E-state index contributed by atoms with van der Waals surface area (Å²) in [6.07, 6.45) is 1.36. The number of nitrogens with zero attached hydrogens (tertiary/aromatic N) is 2. The Hall–Kier alpha value is -2.65. The van der Waals surface area contributed by atoms with Crippen molar-refractivity contribution in [2.45, 2.75) is 19.4 Å². The Morgan fingerprint density at radius 1 is 1.39 bits per heavy atom. The molecule has 1 aliphatic heterocycles. The van der Waals surface area contributed by atoms with Gasteiger partial charge in [-0.25, -0.2) is 14.6 Å². The van der Waals surface area contributed by atoms with Crippen molar-refractivity contribution < 1.29 is 28.9 Å². The van der Waals surface area contributed by atoms with E-state index in [4.69, 9.17) is 19.3 Å². The molecule has 8 nitrogen and oxygen atoms in total. The molecule has 0 saturated carbocycles. The molecule has 0 bridgehead atoms. The molecular weight excluding hydrogens is 384 g/mol. The number of amides is 1. The third-order valence-electron chi connectivity index (χ3n) is 4.32. The van der Waals surface area contributed by atoms with Crippen LogP contribution in [0.3, 0.4) is 0 Å². The molecule has 0 radical (unpaired) electrons. The summed E-state index contributed by atoms with van der Waals surface area (Å²) < 4.78 is 16.2. The number of carbonyl (C=O) groups is 2. The number of esters is 1. The van der Waals surface area contributed by atoms with Crippen molar-refractivity contribution in [3.05, 3.63) is 34.8 Å². The lowest BCUT2D eigenvalue weighted by Gasteiger charge is -2.30. The van der Waals surface area contributed by atoms with Gasteiger partial charge in [-0.3, -0.25) is 0 Å². The van der Waals surface area contributed by atoms with E-state index in [1.165, 1.54) is 12.0 Å². The molecule has 0 spiro atoms. The van der Waals surface area contributed by atoms with Crippen LogP contribution in [0.1, 0.15) is 22.2 Å². The second-order valence-corrected chi connectivity index (χ2v) is 7.37. The third kappa shape index (κ3) is 4.79. The zero-order chi connectivity index (χ0) is 20.1. The summed E-state index contributed by atoms with van der Waals surface area (Å²) in [6, 6.07) is 5.13. The first-order valence-electron chi connectivity index (χ1n) is 8.91. The molecule has 0 unspecified atom stereocenters. The fraction of sp³-hybridized carbons (Fsp3) is 0.421. The molecule has 150 valence electrons. The second-order valence-electron chi connectivity index (χ2n) is 6.26. The quantitative estimate of drug-likeness (QED) is 0.737. The van der Waals surface area contributed by atoms with Gasteiger partial charge in [0.1, 0.15) is 23.5 Å². The van der Waals surface area contributed by atoms with Crippen LogP contribution in [0.5, 0.6) is 5.75 Å². The molecule has 3 rings (SSSR count). The minimum atomic E-state index is -0.973. The van der Waals surface area contributed by atoms with Gasteiger partial charge in [-0.15, -0.1) is 11.3 Å². The number of thiazole rings is 1. The Labute approximate surface area is 166 Å². The molecule has 1 saturated heterocycles. The second kappa shape index (κ2) is 9.03. The van der Waals surface area contributed by atoms with E-state index in [0.717, 1.165) is 21.9 Å². The van der Waals surface area contributed by atoms with Crippen molar-refractivity contribution in [1.29, 1.82) is 0 Å². The number of hydrogen-bond donors (Lipinski definition) is 1. The number of carboxylic acid groups (broad SMARTS) is 1. The van der Waals surface area contributed by atoms with Crippen molar-refractivity contribution in [1.82, 2.24) is 9.88 Å². The van der Waals surface area contributed by atoms with E-state index in [2.05, 4.69) is 11.9 Å². The summed E-state index contributed by atoms with van der Waals surface area (Å²) in [7, 11) is 1.32. The van der Waals surface area contributed by atoms with Crippen LogP contribution in [0, 0.1) is 0 Å². The van der Waals surface area contributed by atoms with Crippen molar-refractivity contribution in [2.24, 2.45) is 0 Å². The van der Waals surface area contributed by atoms with Gasteiger partial charge in [0.2, 0.25) is 0 Å². The standard InChI is InChI=1S/C19H22N2O6S/c1-3-16-9-20-17(28-16)12-6-13(18(22)25-2)8-14(7-12)27-11-15-10-21(19(23)24)4-5-26-15/h6-9,15H,3-5,10-11H2,1-2H3,(H,23,24)/t15-/m1/s1. The van der Waals surface area contributed by atoms with E-state index in [-0.39, 0.29) is 19.3 Å². The van der Waals surface area contributed by atoms with Gasteiger partial charge in [0.25, 0.3) is 0 Å². The molecule has 1 N–H and O–H groups in total. The van der Waals surface area contributed by atoms with Gasteiger partial charge in [0.15, 0.2) is 0 Å². The first kappa shape index (κ1) is 20.1. The van der Waals surface area contributed by atoms with Crippen molar-refractivity contribution in [3.8, 4) is 16.3 Å². The maximum atomic E-state index is 12.0. The summed E-state index contributed by atoms with van der Waals surface area (Å²) >= 11 is 1.56. The maximum absolute atomic E-state index is 12.0. The van der Waals surface area contributed by atoms with Crippen molar-refractivity contribution >= 4 is 23.4 Å². The van der Waals surface area contributed by atoms with Crippen molar-refractivity contribution in [3.63, 3.8) is 0 Å². The molecule has 1 amide bonds. The highest BCUT2D eigenvalue weighted by molar-refractivity contribution is 7.15.